The zero-order valence-electron chi connectivity index (χ0n) is 8.69. The predicted molar refractivity (Wildman–Crippen MR) is 66.3 cm³/mol. The molecule has 0 aliphatic rings. The lowest BCUT2D eigenvalue weighted by molar-refractivity contribution is 0.682. The third-order valence-electron chi connectivity index (χ3n) is 2.20. The van der Waals surface area contributed by atoms with Crippen LogP contribution >= 0.6 is 11.3 Å². The van der Waals surface area contributed by atoms with Gasteiger partial charge in [-0.25, -0.2) is 0 Å². The molecule has 0 radical (unpaired) electrons. The molecule has 0 spiro atoms. The van der Waals surface area contributed by atoms with Crippen molar-refractivity contribution in [3.8, 4) is 0 Å². The van der Waals surface area contributed by atoms with Gasteiger partial charge in [-0.3, -0.25) is 4.79 Å². The first-order valence-corrected chi connectivity index (χ1v) is 5.84. The Kier molecular flexibility index (Phi) is 3.38. The van der Waals surface area contributed by atoms with E-state index >= 15 is 0 Å². The van der Waals surface area contributed by atoms with Crippen molar-refractivity contribution < 1.29 is 0 Å². The van der Waals surface area contributed by atoms with E-state index in [4.69, 9.17) is 5.73 Å². The summed E-state index contributed by atoms with van der Waals surface area (Å²) in [6.07, 6.45) is 0. The SMILES string of the molecule is Nc1ccc(CNCc2csc(=O)[nH]2)cc1. The lowest BCUT2D eigenvalue weighted by atomic mass is 10.2. The van der Waals surface area contributed by atoms with Crippen molar-refractivity contribution >= 4 is 17.0 Å². The fraction of sp³-hybridized carbons (Fsp3) is 0.182. The van der Waals surface area contributed by atoms with Crippen molar-refractivity contribution in [2.45, 2.75) is 13.1 Å². The molecule has 16 heavy (non-hydrogen) atoms. The summed E-state index contributed by atoms with van der Waals surface area (Å²) in [7, 11) is 0. The first kappa shape index (κ1) is 10.9. The van der Waals surface area contributed by atoms with Crippen LogP contribution < -0.4 is 15.9 Å². The van der Waals surface area contributed by atoms with Crippen LogP contribution in [0.5, 0.6) is 0 Å². The molecule has 4 nitrogen and oxygen atoms in total. The van der Waals surface area contributed by atoms with Crippen molar-refractivity contribution in [2.75, 3.05) is 5.73 Å². The van der Waals surface area contributed by atoms with Crippen LogP contribution in [0.3, 0.4) is 0 Å². The maximum absolute atomic E-state index is 10.9. The van der Waals surface area contributed by atoms with Gasteiger partial charge in [-0.1, -0.05) is 23.5 Å². The first-order chi connectivity index (χ1) is 7.74. The number of nitrogens with two attached hydrogens (primary N) is 1. The van der Waals surface area contributed by atoms with Crippen LogP contribution in [0.2, 0.25) is 0 Å². The molecule has 0 saturated carbocycles. The van der Waals surface area contributed by atoms with Gasteiger partial charge in [-0.15, -0.1) is 0 Å². The molecular formula is C11H13N3OS. The van der Waals surface area contributed by atoms with Crippen LogP contribution in [0, 0.1) is 0 Å². The molecule has 1 aromatic carbocycles. The predicted octanol–water partition coefficient (Wildman–Crippen LogP) is 1.31. The molecule has 84 valence electrons. The zero-order chi connectivity index (χ0) is 11.4. The molecule has 0 atom stereocenters. The second kappa shape index (κ2) is 4.96. The van der Waals surface area contributed by atoms with E-state index in [1.807, 2.05) is 29.6 Å². The van der Waals surface area contributed by atoms with E-state index in [9.17, 15) is 4.79 Å². The number of hydrogen-bond acceptors (Lipinski definition) is 4. The summed E-state index contributed by atoms with van der Waals surface area (Å²) in [5.74, 6) is 0. The lowest BCUT2D eigenvalue weighted by Crippen LogP contribution is -2.13. The van der Waals surface area contributed by atoms with Crippen molar-refractivity contribution in [1.82, 2.24) is 10.3 Å². The van der Waals surface area contributed by atoms with Gasteiger partial charge in [-0.2, -0.15) is 0 Å². The highest BCUT2D eigenvalue weighted by atomic mass is 32.1. The number of rotatable bonds is 4. The summed E-state index contributed by atoms with van der Waals surface area (Å²) < 4.78 is 0. The molecule has 1 heterocycles. The number of anilines is 1. The Bertz CT molecular complexity index is 500. The van der Waals surface area contributed by atoms with Crippen LogP contribution in [0.25, 0.3) is 0 Å². The number of nitrogens with one attached hydrogen (secondary N) is 2. The third-order valence-corrected chi connectivity index (χ3v) is 2.91. The molecule has 0 aliphatic carbocycles. The molecule has 0 bridgehead atoms. The van der Waals surface area contributed by atoms with Gasteiger partial charge < -0.3 is 16.0 Å². The van der Waals surface area contributed by atoms with Crippen molar-refractivity contribution in [3.05, 3.63) is 50.6 Å². The minimum absolute atomic E-state index is 0.00992. The molecule has 0 saturated heterocycles. The molecule has 0 aliphatic heterocycles. The van der Waals surface area contributed by atoms with Crippen LogP contribution in [-0.4, -0.2) is 4.98 Å². The molecule has 2 aromatic rings. The van der Waals surface area contributed by atoms with Gasteiger partial charge in [0.15, 0.2) is 0 Å². The fourth-order valence-corrected chi connectivity index (χ4v) is 1.96. The molecule has 4 N–H and O–H groups in total. The zero-order valence-corrected chi connectivity index (χ0v) is 9.51. The van der Waals surface area contributed by atoms with Crippen LogP contribution in [0.1, 0.15) is 11.3 Å². The maximum Gasteiger partial charge on any atom is 0.304 e. The average Bonchev–Trinajstić information content (AvgIpc) is 2.67. The smallest absolute Gasteiger partial charge is 0.304 e. The lowest BCUT2D eigenvalue weighted by Gasteiger charge is -2.03. The largest absolute Gasteiger partial charge is 0.399 e. The van der Waals surface area contributed by atoms with Crippen molar-refractivity contribution in [1.29, 1.82) is 0 Å². The third kappa shape index (κ3) is 2.95. The van der Waals surface area contributed by atoms with Crippen LogP contribution in [0.15, 0.2) is 34.4 Å². The summed E-state index contributed by atoms with van der Waals surface area (Å²) in [6, 6.07) is 7.73. The summed E-state index contributed by atoms with van der Waals surface area (Å²) in [5.41, 5.74) is 8.45. The number of hydrogen-bond donors (Lipinski definition) is 3. The van der Waals surface area contributed by atoms with Gasteiger partial charge in [-0.05, 0) is 17.7 Å². The number of nitrogen functional groups attached to an aromatic ring is 1. The fourth-order valence-electron chi connectivity index (χ4n) is 1.38. The van der Waals surface area contributed by atoms with E-state index in [1.165, 1.54) is 16.9 Å². The molecule has 1 aromatic heterocycles. The van der Waals surface area contributed by atoms with E-state index in [0.29, 0.717) is 6.54 Å². The Balaban J connectivity index is 1.84. The highest BCUT2D eigenvalue weighted by Crippen LogP contribution is 2.05. The highest BCUT2D eigenvalue weighted by molar-refractivity contribution is 7.07. The Morgan fingerprint density at radius 1 is 1.25 bits per heavy atom. The topological polar surface area (TPSA) is 70.9 Å². The molecule has 0 amide bonds. The average molecular weight is 235 g/mol. The van der Waals surface area contributed by atoms with E-state index in [-0.39, 0.29) is 4.87 Å². The first-order valence-electron chi connectivity index (χ1n) is 4.96. The van der Waals surface area contributed by atoms with Crippen LogP contribution in [-0.2, 0) is 13.1 Å². The van der Waals surface area contributed by atoms with Gasteiger partial charge in [0.25, 0.3) is 0 Å². The van der Waals surface area contributed by atoms with Crippen molar-refractivity contribution in [3.63, 3.8) is 0 Å². The summed E-state index contributed by atoms with van der Waals surface area (Å²) in [4.78, 5) is 13.6. The monoisotopic (exact) mass is 235 g/mol. The summed E-state index contributed by atoms with van der Waals surface area (Å²) in [5, 5.41) is 5.08. The van der Waals surface area contributed by atoms with Gasteiger partial charge >= 0.3 is 4.87 Å². The van der Waals surface area contributed by atoms with Crippen LogP contribution in [0.4, 0.5) is 5.69 Å². The Morgan fingerprint density at radius 3 is 2.62 bits per heavy atom. The standard InChI is InChI=1S/C11H13N3OS/c12-9-3-1-8(2-4-9)5-13-6-10-7-16-11(15)14-10/h1-4,7,13H,5-6,12H2,(H,14,15). The second-order valence-corrected chi connectivity index (χ2v) is 4.36. The minimum Gasteiger partial charge on any atom is -0.399 e. The number of aromatic nitrogens is 1. The number of benzene rings is 1. The van der Waals surface area contributed by atoms with Gasteiger partial charge in [0.1, 0.15) is 0 Å². The highest BCUT2D eigenvalue weighted by Gasteiger charge is 1.96. The van der Waals surface area contributed by atoms with E-state index in [2.05, 4.69) is 10.3 Å². The minimum atomic E-state index is -0.00992. The Labute approximate surface area is 97.1 Å². The van der Waals surface area contributed by atoms with Gasteiger partial charge in [0, 0.05) is 29.9 Å². The van der Waals surface area contributed by atoms with Crippen molar-refractivity contribution in [2.24, 2.45) is 0 Å². The van der Waals surface area contributed by atoms with Gasteiger partial charge in [0.2, 0.25) is 0 Å². The van der Waals surface area contributed by atoms with E-state index < -0.39 is 0 Å². The quantitative estimate of drug-likeness (QED) is 0.700. The van der Waals surface area contributed by atoms with Gasteiger partial charge in [0.05, 0.1) is 0 Å². The number of thiazole rings is 1. The summed E-state index contributed by atoms with van der Waals surface area (Å²) in [6.45, 7) is 1.43. The molecule has 5 heteroatoms. The Morgan fingerprint density at radius 2 is 2.00 bits per heavy atom. The van der Waals surface area contributed by atoms with E-state index in [1.54, 1.807) is 0 Å². The Hall–Kier alpha value is -1.59. The molecular weight excluding hydrogens is 222 g/mol. The number of aromatic amines is 1. The summed E-state index contributed by atoms with van der Waals surface area (Å²) >= 11 is 1.18. The second-order valence-electron chi connectivity index (χ2n) is 3.52. The molecule has 2 rings (SSSR count). The van der Waals surface area contributed by atoms with E-state index in [0.717, 1.165) is 17.9 Å². The number of H-pyrrole nitrogens is 1. The maximum atomic E-state index is 10.9. The normalized spacial score (nSPS) is 10.5. The molecule has 0 unspecified atom stereocenters. The molecule has 0 fully saturated rings.